The summed E-state index contributed by atoms with van der Waals surface area (Å²) >= 11 is -0.260. The number of carbonyl (C=O) groups excluding carboxylic acids is 1. The minimum atomic E-state index is -4.38. The quantitative estimate of drug-likeness (QED) is 0.848. The van der Waals surface area contributed by atoms with E-state index in [2.05, 4.69) is 0 Å². The van der Waals surface area contributed by atoms with Crippen LogP contribution in [0.15, 0.2) is 29.2 Å². The smallest absolute Gasteiger partial charge is 0.446 e. The molecule has 0 unspecified atom stereocenters. The highest BCUT2D eigenvalue weighted by Crippen LogP contribution is 2.37. The van der Waals surface area contributed by atoms with Gasteiger partial charge in [-0.2, -0.15) is 13.2 Å². The number of hydrogen-bond acceptors (Lipinski definition) is 3. The molecular weight excluding hydrogens is 307 g/mol. The van der Waals surface area contributed by atoms with E-state index in [1.165, 1.54) is 29.2 Å². The molecule has 1 saturated carbocycles. The molecule has 1 fully saturated rings. The Morgan fingerprint density at radius 3 is 2.24 bits per heavy atom. The van der Waals surface area contributed by atoms with Crippen LogP contribution in [0.2, 0.25) is 0 Å². The largest absolute Gasteiger partial charge is 0.480 e. The molecule has 0 atom stereocenters. The van der Waals surface area contributed by atoms with Gasteiger partial charge >= 0.3 is 11.5 Å². The summed E-state index contributed by atoms with van der Waals surface area (Å²) in [4.78, 5) is 24.2. The lowest BCUT2D eigenvalue weighted by atomic mass is 10.2. The van der Waals surface area contributed by atoms with Crippen LogP contribution in [-0.4, -0.2) is 40.0 Å². The van der Waals surface area contributed by atoms with Crippen LogP contribution in [0.25, 0.3) is 0 Å². The Morgan fingerprint density at radius 1 is 1.24 bits per heavy atom. The van der Waals surface area contributed by atoms with Crippen LogP contribution >= 0.6 is 11.8 Å². The predicted octanol–water partition coefficient (Wildman–Crippen LogP) is 2.99. The summed E-state index contributed by atoms with van der Waals surface area (Å²) < 4.78 is 36.6. The number of nitrogens with zero attached hydrogens (tertiary/aromatic N) is 1. The number of halogens is 3. The van der Waals surface area contributed by atoms with E-state index in [1.807, 2.05) is 0 Å². The van der Waals surface area contributed by atoms with Gasteiger partial charge in [0.15, 0.2) is 0 Å². The van der Waals surface area contributed by atoms with E-state index in [4.69, 9.17) is 5.11 Å². The maximum Gasteiger partial charge on any atom is 0.446 e. The zero-order chi connectivity index (χ0) is 15.6. The zero-order valence-electron chi connectivity index (χ0n) is 10.8. The maximum absolute atomic E-state index is 12.2. The topological polar surface area (TPSA) is 57.6 Å². The number of aliphatic carboxylic acids is 1. The standard InChI is InChI=1S/C13H12F3NO3S/c14-13(15,16)21-10-5-1-8(2-6-10)12(20)17(7-11(18)19)9-3-4-9/h1-2,5-6,9H,3-4,7H2,(H,18,19). The second kappa shape index (κ2) is 5.97. The second-order valence-corrected chi connectivity index (χ2v) is 5.77. The van der Waals surface area contributed by atoms with Crippen LogP contribution in [0.4, 0.5) is 13.2 Å². The van der Waals surface area contributed by atoms with Crippen molar-refractivity contribution in [1.29, 1.82) is 0 Å². The molecular formula is C13H12F3NO3S. The molecule has 21 heavy (non-hydrogen) atoms. The Balaban J connectivity index is 2.09. The summed E-state index contributed by atoms with van der Waals surface area (Å²) in [7, 11) is 0. The van der Waals surface area contributed by atoms with Crippen molar-refractivity contribution in [3.8, 4) is 0 Å². The van der Waals surface area contributed by atoms with Crippen molar-refractivity contribution in [3.05, 3.63) is 29.8 Å². The lowest BCUT2D eigenvalue weighted by Gasteiger charge is -2.20. The number of rotatable bonds is 5. The first kappa shape index (κ1) is 15.7. The molecule has 4 nitrogen and oxygen atoms in total. The summed E-state index contributed by atoms with van der Waals surface area (Å²) in [5, 5.41) is 8.81. The van der Waals surface area contributed by atoms with E-state index in [0.717, 1.165) is 12.8 Å². The van der Waals surface area contributed by atoms with Gasteiger partial charge in [-0.1, -0.05) is 0 Å². The van der Waals surface area contributed by atoms with Gasteiger partial charge in [0.25, 0.3) is 5.91 Å². The van der Waals surface area contributed by atoms with E-state index in [0.29, 0.717) is 0 Å². The summed E-state index contributed by atoms with van der Waals surface area (Å²) in [6, 6.07) is 4.90. The predicted molar refractivity (Wildman–Crippen MR) is 70.0 cm³/mol. The van der Waals surface area contributed by atoms with E-state index in [1.54, 1.807) is 0 Å². The van der Waals surface area contributed by atoms with Crippen LogP contribution in [0.1, 0.15) is 23.2 Å². The first-order chi connectivity index (χ1) is 9.76. The molecule has 0 radical (unpaired) electrons. The number of carboxylic acids is 1. The SMILES string of the molecule is O=C(O)CN(C(=O)c1ccc(SC(F)(F)F)cc1)C1CC1. The maximum atomic E-state index is 12.2. The number of carbonyl (C=O) groups is 2. The lowest BCUT2D eigenvalue weighted by Crippen LogP contribution is -2.37. The van der Waals surface area contributed by atoms with Crippen LogP contribution in [-0.2, 0) is 4.79 Å². The number of alkyl halides is 3. The number of benzene rings is 1. The van der Waals surface area contributed by atoms with Gasteiger partial charge in [-0.3, -0.25) is 9.59 Å². The third-order valence-corrected chi connectivity index (χ3v) is 3.63. The molecule has 114 valence electrons. The first-order valence-corrected chi connectivity index (χ1v) is 6.96. The minimum absolute atomic E-state index is 0.0183. The van der Waals surface area contributed by atoms with E-state index >= 15 is 0 Å². The van der Waals surface area contributed by atoms with Crippen molar-refractivity contribution >= 4 is 23.6 Å². The van der Waals surface area contributed by atoms with E-state index in [9.17, 15) is 22.8 Å². The van der Waals surface area contributed by atoms with Crippen molar-refractivity contribution in [2.45, 2.75) is 29.3 Å². The van der Waals surface area contributed by atoms with Crippen molar-refractivity contribution in [2.24, 2.45) is 0 Å². The third kappa shape index (κ3) is 4.66. The van der Waals surface area contributed by atoms with Gasteiger partial charge in [-0.25, -0.2) is 0 Å². The minimum Gasteiger partial charge on any atom is -0.480 e. The van der Waals surface area contributed by atoms with Crippen LogP contribution < -0.4 is 0 Å². The lowest BCUT2D eigenvalue weighted by molar-refractivity contribution is -0.137. The van der Waals surface area contributed by atoms with Crippen molar-refractivity contribution in [3.63, 3.8) is 0 Å². The van der Waals surface area contributed by atoms with Gasteiger partial charge < -0.3 is 10.0 Å². The zero-order valence-corrected chi connectivity index (χ0v) is 11.6. The molecule has 1 N–H and O–H groups in total. The van der Waals surface area contributed by atoms with Crippen molar-refractivity contribution < 1.29 is 27.9 Å². The molecule has 0 heterocycles. The molecule has 0 spiro atoms. The fourth-order valence-corrected chi connectivity index (χ4v) is 2.40. The van der Waals surface area contributed by atoms with Gasteiger partial charge in [0, 0.05) is 16.5 Å². The van der Waals surface area contributed by atoms with Gasteiger partial charge in [0.2, 0.25) is 0 Å². The second-order valence-electron chi connectivity index (χ2n) is 4.63. The van der Waals surface area contributed by atoms with Crippen molar-refractivity contribution in [1.82, 2.24) is 4.90 Å². The Labute approximate surface area is 122 Å². The molecule has 0 aromatic heterocycles. The van der Waals surface area contributed by atoms with Crippen molar-refractivity contribution in [2.75, 3.05) is 6.54 Å². The molecule has 1 amide bonds. The monoisotopic (exact) mass is 319 g/mol. The van der Waals surface area contributed by atoms with Crippen LogP contribution in [0.5, 0.6) is 0 Å². The molecule has 0 aliphatic heterocycles. The fourth-order valence-electron chi connectivity index (χ4n) is 1.86. The molecule has 8 heteroatoms. The highest BCUT2D eigenvalue weighted by atomic mass is 32.2. The van der Waals surface area contributed by atoms with E-state index in [-0.39, 0.29) is 28.3 Å². The normalized spacial score (nSPS) is 14.8. The van der Waals surface area contributed by atoms with Gasteiger partial charge in [-0.15, -0.1) is 0 Å². The van der Waals surface area contributed by atoms with Gasteiger partial charge in [0.05, 0.1) is 0 Å². The first-order valence-electron chi connectivity index (χ1n) is 6.15. The summed E-state index contributed by atoms with van der Waals surface area (Å²) in [5.74, 6) is -1.58. The molecule has 1 aromatic rings. The number of amides is 1. The molecule has 1 aromatic carbocycles. The highest BCUT2D eigenvalue weighted by Gasteiger charge is 2.34. The van der Waals surface area contributed by atoms with Gasteiger partial charge in [0.1, 0.15) is 6.54 Å². The Kier molecular flexibility index (Phi) is 4.46. The highest BCUT2D eigenvalue weighted by molar-refractivity contribution is 8.00. The Bertz CT molecular complexity index is 541. The molecule has 0 bridgehead atoms. The number of thioether (sulfide) groups is 1. The average molecular weight is 319 g/mol. The molecule has 1 aliphatic rings. The molecule has 2 rings (SSSR count). The van der Waals surface area contributed by atoms with Crippen LogP contribution in [0, 0.1) is 0 Å². The van der Waals surface area contributed by atoms with Gasteiger partial charge in [-0.05, 0) is 48.9 Å². The summed E-state index contributed by atoms with van der Waals surface area (Å²) in [5.41, 5.74) is -4.19. The molecule has 1 aliphatic carbocycles. The third-order valence-electron chi connectivity index (χ3n) is 2.89. The van der Waals surface area contributed by atoms with E-state index < -0.39 is 23.9 Å². The molecule has 0 saturated heterocycles. The fraction of sp³-hybridized carbons (Fsp3) is 0.385. The Hall–Kier alpha value is -1.70. The Morgan fingerprint density at radius 2 is 1.81 bits per heavy atom. The van der Waals surface area contributed by atoms with Crippen LogP contribution in [0.3, 0.4) is 0 Å². The average Bonchev–Trinajstić information content (AvgIpc) is 3.18. The number of carboxylic acid groups (broad SMARTS) is 1. The summed E-state index contributed by atoms with van der Waals surface area (Å²) in [6.45, 7) is -0.400. The summed E-state index contributed by atoms with van der Waals surface area (Å²) in [6.07, 6.45) is 1.50. The number of hydrogen-bond donors (Lipinski definition) is 1.